The van der Waals surface area contributed by atoms with Crippen LogP contribution in [0.3, 0.4) is 0 Å². The number of hydrogen-bond donors (Lipinski definition) is 0. The molecule has 4 heteroatoms. The van der Waals surface area contributed by atoms with Crippen LogP contribution in [0.1, 0.15) is 46.0 Å². The van der Waals surface area contributed by atoms with Crippen molar-refractivity contribution in [3.63, 3.8) is 0 Å². The molecule has 2 atom stereocenters. The molecule has 0 spiro atoms. The van der Waals surface area contributed by atoms with Gasteiger partial charge >= 0.3 is 11.9 Å². The van der Waals surface area contributed by atoms with Crippen LogP contribution in [0.5, 0.6) is 0 Å². The molecule has 0 bridgehead atoms. The highest BCUT2D eigenvalue weighted by atomic mass is 16.6. The Kier molecular flexibility index (Phi) is 4.51. The minimum atomic E-state index is -1.14. The van der Waals surface area contributed by atoms with E-state index in [9.17, 15) is 9.59 Å². The molecule has 2 saturated carbocycles. The molecule has 0 aliphatic heterocycles. The first-order valence-electron chi connectivity index (χ1n) is 7.60. The van der Waals surface area contributed by atoms with Gasteiger partial charge in [-0.2, -0.15) is 0 Å². The second-order valence-electron chi connectivity index (χ2n) is 5.74. The Morgan fingerprint density at radius 2 is 1.70 bits per heavy atom. The van der Waals surface area contributed by atoms with Crippen molar-refractivity contribution in [1.82, 2.24) is 0 Å². The predicted molar refractivity (Wildman–Crippen MR) is 74.9 cm³/mol. The quantitative estimate of drug-likeness (QED) is 0.451. The van der Waals surface area contributed by atoms with Crippen LogP contribution in [0, 0.1) is 17.3 Å². The number of hydrogen-bond acceptors (Lipinski definition) is 4. The van der Waals surface area contributed by atoms with Crippen molar-refractivity contribution >= 4 is 11.9 Å². The molecule has 2 fully saturated rings. The number of carbonyl (C=O) groups excluding carboxylic acids is 2. The van der Waals surface area contributed by atoms with Crippen molar-refractivity contribution in [3.05, 3.63) is 12.2 Å². The molecule has 0 radical (unpaired) electrons. The van der Waals surface area contributed by atoms with Gasteiger partial charge in [0.2, 0.25) is 0 Å². The van der Waals surface area contributed by atoms with Gasteiger partial charge in [-0.15, -0.1) is 0 Å². The van der Waals surface area contributed by atoms with E-state index in [1.54, 1.807) is 13.8 Å². The summed E-state index contributed by atoms with van der Waals surface area (Å²) in [6.45, 7) is 8.19. The van der Waals surface area contributed by atoms with Crippen LogP contribution in [-0.4, -0.2) is 25.2 Å². The largest absolute Gasteiger partial charge is 0.465 e. The summed E-state index contributed by atoms with van der Waals surface area (Å²) in [7, 11) is 0. The molecule has 0 N–H and O–H groups in total. The first-order chi connectivity index (χ1) is 9.57. The second kappa shape index (κ2) is 5.98. The van der Waals surface area contributed by atoms with E-state index < -0.39 is 17.4 Å². The van der Waals surface area contributed by atoms with E-state index in [1.165, 1.54) is 0 Å². The lowest BCUT2D eigenvalue weighted by molar-refractivity contribution is -0.176. The van der Waals surface area contributed by atoms with E-state index in [1.807, 2.05) is 0 Å². The fourth-order valence-electron chi connectivity index (χ4n) is 3.88. The van der Waals surface area contributed by atoms with Crippen molar-refractivity contribution in [2.24, 2.45) is 17.3 Å². The number of allylic oxidation sites excluding steroid dienone is 1. The summed E-state index contributed by atoms with van der Waals surface area (Å²) in [5.74, 6) is -0.581. The smallest absolute Gasteiger partial charge is 0.324 e. The van der Waals surface area contributed by atoms with Crippen LogP contribution in [0.15, 0.2) is 12.2 Å². The maximum Gasteiger partial charge on any atom is 0.324 e. The van der Waals surface area contributed by atoms with Crippen LogP contribution in [0.2, 0.25) is 0 Å². The third-order valence-corrected chi connectivity index (χ3v) is 4.71. The molecule has 0 heterocycles. The van der Waals surface area contributed by atoms with Gasteiger partial charge in [-0.05, 0) is 44.9 Å². The Morgan fingerprint density at radius 3 is 2.25 bits per heavy atom. The van der Waals surface area contributed by atoms with Crippen molar-refractivity contribution < 1.29 is 19.1 Å². The second-order valence-corrected chi connectivity index (χ2v) is 5.74. The zero-order valence-electron chi connectivity index (χ0n) is 12.4. The zero-order valence-corrected chi connectivity index (χ0v) is 12.4. The maximum absolute atomic E-state index is 12.5. The highest BCUT2D eigenvalue weighted by Gasteiger charge is 2.62. The van der Waals surface area contributed by atoms with E-state index >= 15 is 0 Å². The first kappa shape index (κ1) is 15.1. The maximum atomic E-state index is 12.5. The molecule has 2 aliphatic rings. The number of rotatable bonds is 4. The van der Waals surface area contributed by atoms with E-state index in [0.29, 0.717) is 6.42 Å². The summed E-state index contributed by atoms with van der Waals surface area (Å²) in [5.41, 5.74) is -0.135. The number of esters is 2. The average molecular weight is 280 g/mol. The normalized spacial score (nSPS) is 27.8. The van der Waals surface area contributed by atoms with Gasteiger partial charge < -0.3 is 9.47 Å². The van der Waals surface area contributed by atoms with Crippen LogP contribution >= 0.6 is 0 Å². The Balaban J connectivity index is 2.38. The molecular formula is C16H24O4. The number of ether oxygens (including phenoxy) is 2. The van der Waals surface area contributed by atoms with Crippen LogP contribution in [0.4, 0.5) is 0 Å². The molecule has 0 saturated heterocycles. The Labute approximate surface area is 120 Å². The van der Waals surface area contributed by atoms with Gasteiger partial charge in [0.25, 0.3) is 0 Å². The number of carbonyl (C=O) groups is 2. The summed E-state index contributed by atoms with van der Waals surface area (Å²) in [6.07, 6.45) is 4.47. The van der Waals surface area contributed by atoms with Crippen LogP contribution in [0.25, 0.3) is 0 Å². The van der Waals surface area contributed by atoms with Crippen LogP contribution < -0.4 is 0 Å². The molecule has 4 nitrogen and oxygen atoms in total. The lowest BCUT2D eigenvalue weighted by atomic mass is 9.69. The summed E-state index contributed by atoms with van der Waals surface area (Å²) < 4.78 is 10.4. The minimum absolute atomic E-state index is 0.00171. The van der Waals surface area contributed by atoms with Crippen LogP contribution in [-0.2, 0) is 19.1 Å². The van der Waals surface area contributed by atoms with E-state index in [-0.39, 0.29) is 25.0 Å². The highest BCUT2D eigenvalue weighted by Crippen LogP contribution is 2.56. The average Bonchev–Trinajstić information content (AvgIpc) is 2.74. The summed E-state index contributed by atoms with van der Waals surface area (Å²) in [5, 5.41) is 0. The van der Waals surface area contributed by atoms with Crippen molar-refractivity contribution in [2.75, 3.05) is 13.2 Å². The molecule has 0 unspecified atom stereocenters. The van der Waals surface area contributed by atoms with Gasteiger partial charge in [-0.1, -0.05) is 25.0 Å². The molecule has 0 aromatic rings. The minimum Gasteiger partial charge on any atom is -0.465 e. The molecule has 0 amide bonds. The predicted octanol–water partition coefficient (Wildman–Crippen LogP) is 2.87. The van der Waals surface area contributed by atoms with Crippen molar-refractivity contribution in [2.45, 2.75) is 46.0 Å². The van der Waals surface area contributed by atoms with Gasteiger partial charge in [0.1, 0.15) is 0 Å². The highest BCUT2D eigenvalue weighted by molar-refractivity contribution is 6.01. The molecular weight excluding hydrogens is 256 g/mol. The van der Waals surface area contributed by atoms with Gasteiger partial charge in [-0.25, -0.2) is 0 Å². The molecule has 20 heavy (non-hydrogen) atoms. The fourth-order valence-corrected chi connectivity index (χ4v) is 3.88. The van der Waals surface area contributed by atoms with Gasteiger partial charge in [-0.3, -0.25) is 9.59 Å². The van der Waals surface area contributed by atoms with Gasteiger partial charge in [0.05, 0.1) is 13.2 Å². The Hall–Kier alpha value is -1.32. The fraction of sp³-hybridized carbons (Fsp3) is 0.750. The van der Waals surface area contributed by atoms with Crippen molar-refractivity contribution in [3.8, 4) is 0 Å². The van der Waals surface area contributed by atoms with Gasteiger partial charge in [0.15, 0.2) is 5.41 Å². The standard InChI is InChI=1S/C16H24O4/c1-4-19-14(17)16(15(18)20-5-2)10-11(3)12-8-6-7-9-13(12)16/h12-13H,3-10H2,1-2H3/t12-,13-/m0/s1. The molecule has 0 aromatic carbocycles. The topological polar surface area (TPSA) is 52.6 Å². The molecule has 0 aromatic heterocycles. The van der Waals surface area contributed by atoms with Gasteiger partial charge in [0, 0.05) is 0 Å². The van der Waals surface area contributed by atoms with Crippen molar-refractivity contribution in [1.29, 1.82) is 0 Å². The summed E-state index contributed by atoms with van der Waals surface area (Å²) in [4.78, 5) is 25.0. The lowest BCUT2D eigenvalue weighted by Crippen LogP contribution is -2.46. The summed E-state index contributed by atoms with van der Waals surface area (Å²) >= 11 is 0. The third-order valence-electron chi connectivity index (χ3n) is 4.71. The molecule has 2 aliphatic carbocycles. The summed E-state index contributed by atoms with van der Waals surface area (Å²) in [6, 6.07) is 0. The first-order valence-corrected chi connectivity index (χ1v) is 7.60. The molecule has 112 valence electrons. The Bertz CT molecular complexity index is 395. The lowest BCUT2D eigenvalue weighted by Gasteiger charge is -2.35. The Morgan fingerprint density at radius 1 is 1.15 bits per heavy atom. The van der Waals surface area contributed by atoms with E-state index in [0.717, 1.165) is 31.3 Å². The number of fused-ring (bicyclic) bond motifs is 1. The SMILES string of the molecule is C=C1CC(C(=O)OCC)(C(=O)OCC)[C@H]2CCCC[C@@H]12. The third kappa shape index (κ3) is 2.25. The zero-order chi connectivity index (χ0) is 14.8. The van der Waals surface area contributed by atoms with E-state index in [4.69, 9.17) is 9.47 Å². The monoisotopic (exact) mass is 280 g/mol. The van der Waals surface area contributed by atoms with E-state index in [2.05, 4.69) is 6.58 Å². The molecule has 2 rings (SSSR count).